The smallest absolute Gasteiger partial charge is 0.144 e. The molecule has 19 heavy (non-hydrogen) atoms. The van der Waals surface area contributed by atoms with Crippen molar-refractivity contribution in [2.75, 3.05) is 19.0 Å². The lowest BCUT2D eigenvalue weighted by Crippen LogP contribution is -2.03. The van der Waals surface area contributed by atoms with Crippen LogP contribution in [0.5, 0.6) is 11.5 Å². The van der Waals surface area contributed by atoms with Crippen molar-refractivity contribution in [3.8, 4) is 11.5 Å². The molecule has 0 aliphatic rings. The number of ether oxygens (including phenoxy) is 2. The van der Waals surface area contributed by atoms with Crippen LogP contribution < -0.4 is 14.8 Å². The van der Waals surface area contributed by atoms with E-state index in [4.69, 9.17) is 9.47 Å². The highest BCUT2D eigenvalue weighted by Gasteiger charge is 2.00. The van der Waals surface area contributed by atoms with Gasteiger partial charge in [0.25, 0.3) is 0 Å². The summed E-state index contributed by atoms with van der Waals surface area (Å²) in [5.74, 6) is 2.29. The van der Waals surface area contributed by atoms with E-state index in [1.165, 1.54) is 0 Å². The quantitative estimate of drug-likeness (QED) is 0.863. The van der Waals surface area contributed by atoms with Gasteiger partial charge in [-0.05, 0) is 19.1 Å². The summed E-state index contributed by atoms with van der Waals surface area (Å²) in [6, 6.07) is 7.47. The Morgan fingerprint density at radius 3 is 2.68 bits per heavy atom. The highest BCUT2D eigenvalue weighted by molar-refractivity contribution is 5.33. The van der Waals surface area contributed by atoms with Gasteiger partial charge in [0.2, 0.25) is 0 Å². The Labute approximate surface area is 112 Å². The van der Waals surface area contributed by atoms with Crippen molar-refractivity contribution in [2.45, 2.75) is 13.5 Å². The van der Waals surface area contributed by atoms with Crippen molar-refractivity contribution < 1.29 is 9.47 Å². The molecule has 0 aliphatic carbocycles. The van der Waals surface area contributed by atoms with E-state index in [1.807, 2.05) is 31.2 Å². The molecule has 1 aromatic carbocycles. The fourth-order valence-corrected chi connectivity index (χ4v) is 1.55. The minimum Gasteiger partial charge on any atom is -0.497 e. The lowest BCUT2D eigenvalue weighted by molar-refractivity contribution is 0.298. The molecular formula is C14H17N3O2. The number of aromatic nitrogens is 2. The van der Waals surface area contributed by atoms with Crippen LogP contribution in [0.15, 0.2) is 36.7 Å². The van der Waals surface area contributed by atoms with Crippen LogP contribution in [-0.4, -0.2) is 23.6 Å². The monoisotopic (exact) mass is 259 g/mol. The molecule has 5 heteroatoms. The van der Waals surface area contributed by atoms with Gasteiger partial charge in [0.05, 0.1) is 25.2 Å². The van der Waals surface area contributed by atoms with Gasteiger partial charge in [-0.2, -0.15) is 0 Å². The van der Waals surface area contributed by atoms with E-state index in [-0.39, 0.29) is 0 Å². The Kier molecular flexibility index (Phi) is 4.55. The molecule has 1 aromatic heterocycles. The van der Waals surface area contributed by atoms with Crippen LogP contribution in [0.4, 0.5) is 5.82 Å². The second kappa shape index (κ2) is 6.58. The van der Waals surface area contributed by atoms with Crippen molar-refractivity contribution in [1.29, 1.82) is 0 Å². The third kappa shape index (κ3) is 3.84. The van der Waals surface area contributed by atoms with Crippen molar-refractivity contribution >= 4 is 5.82 Å². The Balaban J connectivity index is 1.94. The van der Waals surface area contributed by atoms with Crippen LogP contribution in [0.3, 0.4) is 0 Å². The van der Waals surface area contributed by atoms with Gasteiger partial charge in [0, 0.05) is 12.6 Å². The SMILES string of the molecule is CCNc1cnc(COc2cccc(OC)c2)cn1. The molecular weight excluding hydrogens is 242 g/mol. The van der Waals surface area contributed by atoms with Gasteiger partial charge in [-0.3, -0.25) is 4.98 Å². The lowest BCUT2D eigenvalue weighted by Gasteiger charge is -2.07. The highest BCUT2D eigenvalue weighted by Crippen LogP contribution is 2.19. The van der Waals surface area contributed by atoms with E-state index in [1.54, 1.807) is 19.5 Å². The third-order valence-electron chi connectivity index (χ3n) is 2.49. The van der Waals surface area contributed by atoms with E-state index < -0.39 is 0 Å². The second-order valence-corrected chi connectivity index (χ2v) is 3.89. The molecule has 0 unspecified atom stereocenters. The fourth-order valence-electron chi connectivity index (χ4n) is 1.55. The maximum atomic E-state index is 5.63. The molecule has 0 saturated heterocycles. The molecule has 0 radical (unpaired) electrons. The largest absolute Gasteiger partial charge is 0.497 e. The summed E-state index contributed by atoms with van der Waals surface area (Å²) in [5, 5.41) is 3.09. The summed E-state index contributed by atoms with van der Waals surface area (Å²) in [7, 11) is 1.63. The summed E-state index contributed by atoms with van der Waals surface area (Å²) in [5.41, 5.74) is 0.782. The van der Waals surface area contributed by atoms with Crippen LogP contribution in [0, 0.1) is 0 Å². The second-order valence-electron chi connectivity index (χ2n) is 3.89. The van der Waals surface area contributed by atoms with Crippen LogP contribution in [-0.2, 0) is 6.61 Å². The maximum Gasteiger partial charge on any atom is 0.144 e. The molecule has 0 spiro atoms. The van der Waals surface area contributed by atoms with Gasteiger partial charge in [-0.25, -0.2) is 4.98 Å². The first kappa shape index (κ1) is 13.1. The zero-order valence-corrected chi connectivity index (χ0v) is 11.1. The minimum atomic E-state index is 0.382. The average molecular weight is 259 g/mol. The lowest BCUT2D eigenvalue weighted by atomic mass is 10.3. The summed E-state index contributed by atoms with van der Waals surface area (Å²) in [6.45, 7) is 3.22. The number of anilines is 1. The molecule has 5 nitrogen and oxygen atoms in total. The number of methoxy groups -OCH3 is 1. The van der Waals surface area contributed by atoms with E-state index in [0.717, 1.165) is 29.6 Å². The predicted molar refractivity (Wildman–Crippen MR) is 73.5 cm³/mol. The molecule has 100 valence electrons. The zero-order chi connectivity index (χ0) is 13.5. The minimum absolute atomic E-state index is 0.382. The predicted octanol–water partition coefficient (Wildman–Crippen LogP) is 2.50. The normalized spacial score (nSPS) is 10.0. The summed E-state index contributed by atoms with van der Waals surface area (Å²) >= 11 is 0. The molecule has 0 atom stereocenters. The van der Waals surface area contributed by atoms with Crippen LogP contribution in [0.25, 0.3) is 0 Å². The first-order chi connectivity index (χ1) is 9.31. The Morgan fingerprint density at radius 1 is 1.16 bits per heavy atom. The van der Waals surface area contributed by atoms with Crippen molar-refractivity contribution in [3.05, 3.63) is 42.4 Å². The molecule has 1 heterocycles. The molecule has 0 amide bonds. The van der Waals surface area contributed by atoms with Crippen molar-refractivity contribution in [1.82, 2.24) is 9.97 Å². The van der Waals surface area contributed by atoms with Crippen LogP contribution in [0.2, 0.25) is 0 Å². The fraction of sp³-hybridized carbons (Fsp3) is 0.286. The van der Waals surface area contributed by atoms with Crippen LogP contribution in [0.1, 0.15) is 12.6 Å². The molecule has 2 aromatic rings. The molecule has 0 aliphatic heterocycles. The van der Waals surface area contributed by atoms with E-state index in [0.29, 0.717) is 6.61 Å². The molecule has 0 fully saturated rings. The molecule has 0 saturated carbocycles. The standard InChI is InChI=1S/C14H17N3O2/c1-3-15-14-9-16-11(8-17-14)10-19-13-6-4-5-12(7-13)18-2/h4-9H,3,10H2,1-2H3,(H,15,17). The zero-order valence-electron chi connectivity index (χ0n) is 11.1. The highest BCUT2D eigenvalue weighted by atomic mass is 16.5. The number of benzene rings is 1. The number of nitrogens with one attached hydrogen (secondary N) is 1. The van der Waals surface area contributed by atoms with Gasteiger partial charge in [-0.15, -0.1) is 0 Å². The molecule has 1 N–H and O–H groups in total. The van der Waals surface area contributed by atoms with E-state index in [9.17, 15) is 0 Å². The Hall–Kier alpha value is -2.30. The van der Waals surface area contributed by atoms with E-state index >= 15 is 0 Å². The number of rotatable bonds is 6. The topological polar surface area (TPSA) is 56.3 Å². The summed E-state index contributed by atoms with van der Waals surface area (Å²) < 4.78 is 10.8. The number of hydrogen-bond acceptors (Lipinski definition) is 5. The average Bonchev–Trinajstić information content (AvgIpc) is 2.47. The Morgan fingerprint density at radius 2 is 2.00 bits per heavy atom. The Bertz CT molecular complexity index is 514. The van der Waals surface area contributed by atoms with Crippen LogP contribution >= 0.6 is 0 Å². The first-order valence-electron chi connectivity index (χ1n) is 6.13. The number of hydrogen-bond donors (Lipinski definition) is 1. The first-order valence-corrected chi connectivity index (χ1v) is 6.13. The van der Waals surface area contributed by atoms with Crippen molar-refractivity contribution in [3.63, 3.8) is 0 Å². The summed E-state index contributed by atoms with van der Waals surface area (Å²) in [6.07, 6.45) is 3.41. The van der Waals surface area contributed by atoms with Gasteiger partial charge >= 0.3 is 0 Å². The van der Waals surface area contributed by atoms with E-state index in [2.05, 4.69) is 15.3 Å². The van der Waals surface area contributed by atoms with Crippen molar-refractivity contribution in [2.24, 2.45) is 0 Å². The number of nitrogens with zero attached hydrogens (tertiary/aromatic N) is 2. The third-order valence-corrected chi connectivity index (χ3v) is 2.49. The maximum absolute atomic E-state index is 5.63. The molecule has 0 bridgehead atoms. The van der Waals surface area contributed by atoms with Gasteiger partial charge in [0.15, 0.2) is 0 Å². The van der Waals surface area contributed by atoms with Gasteiger partial charge < -0.3 is 14.8 Å². The van der Waals surface area contributed by atoms with Gasteiger partial charge in [-0.1, -0.05) is 6.07 Å². The summed E-state index contributed by atoms with van der Waals surface area (Å²) in [4.78, 5) is 8.51. The van der Waals surface area contributed by atoms with Gasteiger partial charge in [0.1, 0.15) is 23.9 Å². The molecule has 2 rings (SSSR count).